The van der Waals surface area contributed by atoms with Gasteiger partial charge < -0.3 is 16.0 Å². The molecular formula is C15H19ClFN3O2. The van der Waals surface area contributed by atoms with Crippen molar-refractivity contribution in [2.24, 2.45) is 11.7 Å². The van der Waals surface area contributed by atoms with Crippen molar-refractivity contribution in [2.75, 3.05) is 26.2 Å². The molecule has 2 amide bonds. The highest BCUT2D eigenvalue weighted by atomic mass is 35.5. The molecule has 0 aromatic heterocycles. The quantitative estimate of drug-likeness (QED) is 0.878. The molecule has 0 aliphatic carbocycles. The minimum Gasteiger partial charge on any atom is -0.355 e. The lowest BCUT2D eigenvalue weighted by Gasteiger charge is -2.32. The Kier molecular flexibility index (Phi) is 5.74. The van der Waals surface area contributed by atoms with Crippen molar-refractivity contribution >= 4 is 23.4 Å². The summed E-state index contributed by atoms with van der Waals surface area (Å²) in [7, 11) is 0. The molecule has 5 nitrogen and oxygen atoms in total. The Bertz CT molecular complexity index is 568. The normalized spacial score (nSPS) is 18.1. The van der Waals surface area contributed by atoms with Crippen molar-refractivity contribution in [3.05, 3.63) is 34.6 Å². The van der Waals surface area contributed by atoms with E-state index >= 15 is 0 Å². The molecule has 1 heterocycles. The first-order valence-corrected chi connectivity index (χ1v) is 7.63. The van der Waals surface area contributed by atoms with Crippen LogP contribution in [0.4, 0.5) is 4.39 Å². The molecular weight excluding hydrogens is 309 g/mol. The topological polar surface area (TPSA) is 75.4 Å². The van der Waals surface area contributed by atoms with Crippen LogP contribution in [0.2, 0.25) is 5.02 Å². The van der Waals surface area contributed by atoms with E-state index < -0.39 is 11.7 Å². The number of rotatable bonds is 4. The van der Waals surface area contributed by atoms with Gasteiger partial charge in [0.15, 0.2) is 5.82 Å². The fourth-order valence-corrected chi connectivity index (χ4v) is 2.73. The SMILES string of the molecule is NCCNC(=O)C1CCCN(C(=O)c2cccc(Cl)c2F)C1. The first-order chi connectivity index (χ1) is 10.5. The average molecular weight is 328 g/mol. The molecule has 0 spiro atoms. The van der Waals surface area contributed by atoms with Crippen molar-refractivity contribution in [1.82, 2.24) is 10.2 Å². The highest BCUT2D eigenvalue weighted by Crippen LogP contribution is 2.23. The van der Waals surface area contributed by atoms with E-state index in [4.69, 9.17) is 17.3 Å². The number of carbonyl (C=O) groups excluding carboxylic acids is 2. The third-order valence-electron chi connectivity index (χ3n) is 3.70. The molecule has 1 unspecified atom stereocenters. The third kappa shape index (κ3) is 3.75. The second-order valence-corrected chi connectivity index (χ2v) is 5.68. The molecule has 120 valence electrons. The van der Waals surface area contributed by atoms with Crippen LogP contribution in [0.25, 0.3) is 0 Å². The van der Waals surface area contributed by atoms with Gasteiger partial charge in [-0.25, -0.2) is 4.39 Å². The van der Waals surface area contributed by atoms with E-state index in [-0.39, 0.29) is 29.0 Å². The Hall–Kier alpha value is -1.66. The van der Waals surface area contributed by atoms with Gasteiger partial charge in [-0.2, -0.15) is 0 Å². The lowest BCUT2D eigenvalue weighted by atomic mass is 9.96. The van der Waals surface area contributed by atoms with Gasteiger partial charge in [0.25, 0.3) is 5.91 Å². The molecule has 0 saturated carbocycles. The van der Waals surface area contributed by atoms with Gasteiger partial charge in [0.05, 0.1) is 16.5 Å². The summed E-state index contributed by atoms with van der Waals surface area (Å²) in [6.45, 7) is 1.56. The summed E-state index contributed by atoms with van der Waals surface area (Å²) >= 11 is 5.71. The van der Waals surface area contributed by atoms with E-state index in [1.165, 1.54) is 23.1 Å². The number of nitrogens with one attached hydrogen (secondary N) is 1. The Morgan fingerprint density at radius 3 is 2.95 bits per heavy atom. The van der Waals surface area contributed by atoms with Crippen LogP contribution in [0.15, 0.2) is 18.2 Å². The summed E-state index contributed by atoms with van der Waals surface area (Å²) in [5, 5.41) is 2.64. The number of likely N-dealkylation sites (tertiary alicyclic amines) is 1. The number of hydrogen-bond acceptors (Lipinski definition) is 3. The molecule has 1 aromatic carbocycles. The number of hydrogen-bond donors (Lipinski definition) is 2. The smallest absolute Gasteiger partial charge is 0.256 e. The lowest BCUT2D eigenvalue weighted by molar-refractivity contribution is -0.126. The molecule has 1 saturated heterocycles. The van der Waals surface area contributed by atoms with Crippen molar-refractivity contribution in [1.29, 1.82) is 0 Å². The molecule has 2 rings (SSSR count). The van der Waals surface area contributed by atoms with Gasteiger partial charge in [-0.15, -0.1) is 0 Å². The average Bonchev–Trinajstić information content (AvgIpc) is 2.54. The highest BCUT2D eigenvalue weighted by Gasteiger charge is 2.30. The molecule has 1 fully saturated rings. The summed E-state index contributed by atoms with van der Waals surface area (Å²) in [4.78, 5) is 25.9. The molecule has 0 bridgehead atoms. The monoisotopic (exact) mass is 327 g/mol. The van der Waals surface area contributed by atoms with Crippen LogP contribution in [-0.2, 0) is 4.79 Å². The van der Waals surface area contributed by atoms with Crippen molar-refractivity contribution < 1.29 is 14.0 Å². The largest absolute Gasteiger partial charge is 0.355 e. The number of nitrogens with zero attached hydrogens (tertiary/aromatic N) is 1. The number of nitrogens with two attached hydrogens (primary N) is 1. The van der Waals surface area contributed by atoms with Gasteiger partial charge in [-0.05, 0) is 25.0 Å². The van der Waals surface area contributed by atoms with Crippen LogP contribution >= 0.6 is 11.6 Å². The van der Waals surface area contributed by atoms with Crippen molar-refractivity contribution in [3.8, 4) is 0 Å². The minimum atomic E-state index is -0.719. The van der Waals surface area contributed by atoms with E-state index in [0.717, 1.165) is 0 Å². The van der Waals surface area contributed by atoms with Crippen LogP contribution in [0.1, 0.15) is 23.2 Å². The maximum atomic E-state index is 14.0. The number of carbonyl (C=O) groups is 2. The first-order valence-electron chi connectivity index (χ1n) is 7.25. The van der Waals surface area contributed by atoms with Crippen LogP contribution in [0.5, 0.6) is 0 Å². The second-order valence-electron chi connectivity index (χ2n) is 5.27. The highest BCUT2D eigenvalue weighted by molar-refractivity contribution is 6.31. The van der Waals surface area contributed by atoms with Gasteiger partial charge in [-0.3, -0.25) is 9.59 Å². The minimum absolute atomic E-state index is 0.0597. The van der Waals surface area contributed by atoms with E-state index in [2.05, 4.69) is 5.32 Å². The molecule has 1 aromatic rings. The van der Waals surface area contributed by atoms with Crippen molar-refractivity contribution in [2.45, 2.75) is 12.8 Å². The summed E-state index contributed by atoms with van der Waals surface area (Å²) in [5.41, 5.74) is 5.30. The van der Waals surface area contributed by atoms with Gasteiger partial charge in [0.1, 0.15) is 0 Å². The van der Waals surface area contributed by atoms with Crippen LogP contribution in [0, 0.1) is 11.7 Å². The molecule has 1 aliphatic rings. The summed E-state index contributed by atoms with van der Waals surface area (Å²) < 4.78 is 14.0. The Labute approximate surface area is 133 Å². The standard InChI is InChI=1S/C15H19ClFN3O2/c16-12-5-1-4-11(13(12)17)15(22)20-8-2-3-10(9-20)14(21)19-7-6-18/h1,4-5,10H,2-3,6-9,18H2,(H,19,21). The predicted molar refractivity (Wildman–Crippen MR) is 82.1 cm³/mol. The maximum absolute atomic E-state index is 14.0. The van der Waals surface area contributed by atoms with Crippen molar-refractivity contribution in [3.63, 3.8) is 0 Å². The van der Waals surface area contributed by atoms with E-state index in [1.807, 2.05) is 0 Å². The maximum Gasteiger partial charge on any atom is 0.256 e. The fraction of sp³-hybridized carbons (Fsp3) is 0.467. The Balaban J connectivity index is 2.07. The summed E-state index contributed by atoms with van der Waals surface area (Å²) in [6, 6.07) is 4.34. The molecule has 22 heavy (non-hydrogen) atoms. The molecule has 3 N–H and O–H groups in total. The van der Waals surface area contributed by atoms with Gasteiger partial charge in [-0.1, -0.05) is 17.7 Å². The number of halogens is 2. The predicted octanol–water partition coefficient (Wildman–Crippen LogP) is 1.41. The number of amides is 2. The van der Waals surface area contributed by atoms with E-state index in [9.17, 15) is 14.0 Å². The Morgan fingerprint density at radius 2 is 2.23 bits per heavy atom. The lowest BCUT2D eigenvalue weighted by Crippen LogP contribution is -2.46. The van der Waals surface area contributed by atoms with Gasteiger partial charge in [0.2, 0.25) is 5.91 Å². The molecule has 0 radical (unpaired) electrons. The summed E-state index contributed by atoms with van der Waals surface area (Å²) in [6.07, 6.45) is 1.41. The number of piperidine rings is 1. The molecule has 7 heteroatoms. The Morgan fingerprint density at radius 1 is 1.45 bits per heavy atom. The van der Waals surface area contributed by atoms with E-state index in [0.29, 0.717) is 32.5 Å². The zero-order valence-electron chi connectivity index (χ0n) is 12.1. The van der Waals surface area contributed by atoms with Gasteiger partial charge in [0, 0.05) is 26.2 Å². The zero-order valence-corrected chi connectivity index (χ0v) is 12.9. The number of benzene rings is 1. The first kappa shape index (κ1) is 16.7. The summed E-state index contributed by atoms with van der Waals surface area (Å²) in [5.74, 6) is -1.55. The fourth-order valence-electron chi connectivity index (χ4n) is 2.55. The van der Waals surface area contributed by atoms with Crippen LogP contribution < -0.4 is 11.1 Å². The second kappa shape index (κ2) is 7.56. The van der Waals surface area contributed by atoms with Gasteiger partial charge >= 0.3 is 0 Å². The zero-order chi connectivity index (χ0) is 16.1. The van der Waals surface area contributed by atoms with E-state index in [1.54, 1.807) is 0 Å². The van der Waals surface area contributed by atoms with Crippen LogP contribution in [-0.4, -0.2) is 42.9 Å². The van der Waals surface area contributed by atoms with Crippen LogP contribution in [0.3, 0.4) is 0 Å². The molecule has 1 aliphatic heterocycles. The third-order valence-corrected chi connectivity index (χ3v) is 4.00. The molecule has 1 atom stereocenters.